The molecule has 0 radical (unpaired) electrons. The topological polar surface area (TPSA) is 17.1 Å². The first-order valence-corrected chi connectivity index (χ1v) is 8.25. The summed E-state index contributed by atoms with van der Waals surface area (Å²) in [4.78, 5) is 0. The Kier molecular flexibility index (Phi) is 5.01. The minimum absolute atomic E-state index is 0.442. The van der Waals surface area contributed by atoms with Gasteiger partial charge in [0, 0.05) is 5.41 Å². The smallest absolute Gasteiger partial charge is 0.0595 e. The lowest BCUT2D eigenvalue weighted by atomic mass is 10.2. The lowest BCUT2D eigenvalue weighted by molar-refractivity contribution is 0.688. The summed E-state index contributed by atoms with van der Waals surface area (Å²) in [6, 6.07) is 7.29. The Bertz CT molecular complexity index is 577. The van der Waals surface area contributed by atoms with E-state index in [9.17, 15) is 4.21 Å². The molecular weight excluding hydrogens is 307 g/mol. The van der Waals surface area contributed by atoms with E-state index < -0.39 is 10.8 Å². The number of rotatable bonds is 4. The highest BCUT2D eigenvalue weighted by atomic mass is 35.5. The summed E-state index contributed by atoms with van der Waals surface area (Å²) in [5, 5.41) is 6.70. The summed E-state index contributed by atoms with van der Waals surface area (Å²) in [5.74, 6) is 0.442. The monoisotopic (exact) mass is 316 g/mol. The highest BCUT2D eigenvalue weighted by molar-refractivity contribution is 7.87. The van der Waals surface area contributed by atoms with Gasteiger partial charge in [-0.1, -0.05) is 29.3 Å². The molecule has 1 aromatic heterocycles. The van der Waals surface area contributed by atoms with Crippen LogP contribution < -0.4 is 0 Å². The van der Waals surface area contributed by atoms with E-state index in [4.69, 9.17) is 23.2 Å². The first-order valence-electron chi connectivity index (χ1n) is 5.16. The predicted molar refractivity (Wildman–Crippen MR) is 81.7 cm³/mol. The van der Waals surface area contributed by atoms with Crippen LogP contribution in [-0.4, -0.2) is 4.21 Å². The molecule has 1 unspecified atom stereocenters. The van der Waals surface area contributed by atoms with Crippen molar-refractivity contribution in [2.24, 2.45) is 0 Å². The maximum Gasteiger partial charge on any atom is 0.0595 e. The van der Waals surface area contributed by atoms with Crippen LogP contribution in [0.3, 0.4) is 0 Å². The Hall–Kier alpha value is -0.610. The summed E-state index contributed by atoms with van der Waals surface area (Å²) in [6.07, 6.45) is 1.87. The van der Waals surface area contributed by atoms with Crippen LogP contribution in [0.15, 0.2) is 40.4 Å². The minimum Gasteiger partial charge on any atom is -0.255 e. The van der Waals surface area contributed by atoms with Crippen molar-refractivity contribution < 1.29 is 4.21 Å². The Morgan fingerprint density at radius 1 is 1.22 bits per heavy atom. The summed E-state index contributed by atoms with van der Waals surface area (Å²) < 4.78 is 11.9. The van der Waals surface area contributed by atoms with E-state index in [1.165, 1.54) is 0 Å². The van der Waals surface area contributed by atoms with Crippen molar-refractivity contribution in [3.63, 3.8) is 0 Å². The fourth-order valence-corrected chi connectivity index (χ4v) is 3.23. The first kappa shape index (κ1) is 13.8. The molecule has 1 atom stereocenters. The average molecular weight is 317 g/mol. The van der Waals surface area contributed by atoms with Gasteiger partial charge in [-0.15, -0.1) is 0 Å². The van der Waals surface area contributed by atoms with Crippen LogP contribution in [0.25, 0.3) is 6.08 Å². The largest absolute Gasteiger partial charge is 0.255 e. The fraction of sp³-hybridized carbons (Fsp3) is 0.0769. The van der Waals surface area contributed by atoms with Gasteiger partial charge in [-0.25, -0.2) is 0 Å². The second kappa shape index (κ2) is 6.53. The van der Waals surface area contributed by atoms with Crippen LogP contribution in [-0.2, 0) is 16.6 Å². The van der Waals surface area contributed by atoms with Crippen LogP contribution in [0, 0.1) is 0 Å². The molecule has 1 heterocycles. The van der Waals surface area contributed by atoms with Crippen LogP contribution in [0.4, 0.5) is 0 Å². The number of thiophene rings is 1. The molecule has 0 N–H and O–H groups in total. The van der Waals surface area contributed by atoms with Gasteiger partial charge in [0.05, 0.1) is 26.6 Å². The van der Waals surface area contributed by atoms with Gasteiger partial charge in [0.2, 0.25) is 0 Å². The molecule has 0 aliphatic carbocycles. The van der Waals surface area contributed by atoms with Crippen molar-refractivity contribution in [3.8, 4) is 0 Å². The van der Waals surface area contributed by atoms with Crippen molar-refractivity contribution >= 4 is 51.4 Å². The zero-order valence-corrected chi connectivity index (χ0v) is 12.5. The summed E-state index contributed by atoms with van der Waals surface area (Å²) >= 11 is 13.3. The van der Waals surface area contributed by atoms with Crippen molar-refractivity contribution in [1.29, 1.82) is 0 Å². The van der Waals surface area contributed by atoms with E-state index in [1.54, 1.807) is 28.9 Å². The third-order valence-corrected chi connectivity index (χ3v) is 4.75. The molecule has 0 aliphatic rings. The van der Waals surface area contributed by atoms with Crippen LogP contribution >= 0.6 is 34.5 Å². The van der Waals surface area contributed by atoms with Gasteiger partial charge in [-0.2, -0.15) is 11.3 Å². The average Bonchev–Trinajstić information content (AvgIpc) is 2.84. The van der Waals surface area contributed by atoms with E-state index >= 15 is 0 Å². The quantitative estimate of drug-likeness (QED) is 0.778. The van der Waals surface area contributed by atoms with Crippen molar-refractivity contribution in [2.45, 2.75) is 5.75 Å². The molecule has 0 fully saturated rings. The first-order chi connectivity index (χ1) is 8.65. The van der Waals surface area contributed by atoms with Crippen molar-refractivity contribution in [1.82, 2.24) is 0 Å². The summed E-state index contributed by atoms with van der Waals surface area (Å²) in [6.45, 7) is 0. The Morgan fingerprint density at radius 3 is 2.72 bits per heavy atom. The molecular formula is C13H10Cl2OS2. The standard InChI is InChI=1S/C13H10Cl2OS2/c14-12-2-1-11(7-13(12)15)9-18(16)6-4-10-3-5-17-8-10/h1-8H,9H2/b6-4+. The minimum atomic E-state index is -1.05. The second-order valence-corrected chi connectivity index (χ2v) is 6.55. The molecule has 18 heavy (non-hydrogen) atoms. The second-order valence-electron chi connectivity index (χ2n) is 3.63. The van der Waals surface area contributed by atoms with Gasteiger partial charge in [0.1, 0.15) is 0 Å². The molecule has 1 nitrogen and oxygen atoms in total. The molecule has 0 amide bonds. The Balaban J connectivity index is 2.01. The highest BCUT2D eigenvalue weighted by Crippen LogP contribution is 2.23. The number of halogens is 2. The van der Waals surface area contributed by atoms with Gasteiger partial charge in [-0.05, 0) is 46.2 Å². The van der Waals surface area contributed by atoms with Crippen LogP contribution in [0.1, 0.15) is 11.1 Å². The zero-order chi connectivity index (χ0) is 13.0. The fourth-order valence-electron chi connectivity index (χ4n) is 1.37. The number of benzene rings is 1. The lowest BCUT2D eigenvalue weighted by Gasteiger charge is -2.00. The Labute approximate surface area is 123 Å². The maximum atomic E-state index is 11.9. The van der Waals surface area contributed by atoms with Gasteiger partial charge in [0.15, 0.2) is 0 Å². The molecule has 5 heteroatoms. The molecule has 0 bridgehead atoms. The molecule has 0 saturated heterocycles. The van der Waals surface area contributed by atoms with E-state index in [-0.39, 0.29) is 0 Å². The van der Waals surface area contributed by atoms with Gasteiger partial charge in [0.25, 0.3) is 0 Å². The SMILES string of the molecule is O=S(/C=C/c1ccsc1)Cc1ccc(Cl)c(Cl)c1. The third kappa shape index (κ3) is 3.95. The third-order valence-electron chi connectivity index (χ3n) is 2.25. The van der Waals surface area contributed by atoms with E-state index in [2.05, 4.69) is 0 Å². The van der Waals surface area contributed by atoms with Crippen molar-refractivity contribution in [3.05, 3.63) is 61.6 Å². The summed E-state index contributed by atoms with van der Waals surface area (Å²) in [5.41, 5.74) is 1.99. The van der Waals surface area contributed by atoms with Crippen LogP contribution in [0.5, 0.6) is 0 Å². The van der Waals surface area contributed by atoms with Gasteiger partial charge >= 0.3 is 0 Å². The highest BCUT2D eigenvalue weighted by Gasteiger charge is 2.02. The molecule has 0 saturated carbocycles. The maximum absolute atomic E-state index is 11.9. The molecule has 2 rings (SSSR count). The molecule has 0 spiro atoms. The number of hydrogen-bond acceptors (Lipinski definition) is 2. The number of hydrogen-bond donors (Lipinski definition) is 0. The predicted octanol–water partition coefficient (Wildman–Crippen LogP) is 4.97. The lowest BCUT2D eigenvalue weighted by Crippen LogP contribution is -1.91. The normalized spacial score (nSPS) is 13.0. The van der Waals surface area contributed by atoms with E-state index in [1.807, 2.05) is 29.0 Å². The van der Waals surface area contributed by atoms with Crippen LogP contribution in [0.2, 0.25) is 10.0 Å². The zero-order valence-electron chi connectivity index (χ0n) is 9.31. The molecule has 2 aromatic rings. The Morgan fingerprint density at radius 2 is 2.06 bits per heavy atom. The van der Waals surface area contributed by atoms with Crippen molar-refractivity contribution in [2.75, 3.05) is 0 Å². The molecule has 1 aromatic carbocycles. The van der Waals surface area contributed by atoms with E-state index in [0.29, 0.717) is 15.8 Å². The van der Waals surface area contributed by atoms with Gasteiger partial charge < -0.3 is 0 Å². The van der Waals surface area contributed by atoms with E-state index in [0.717, 1.165) is 11.1 Å². The summed E-state index contributed by atoms with van der Waals surface area (Å²) in [7, 11) is -1.05. The molecule has 94 valence electrons. The molecule has 0 aliphatic heterocycles. The van der Waals surface area contributed by atoms with Gasteiger partial charge in [-0.3, -0.25) is 4.21 Å².